The Bertz CT molecular complexity index is 834. The molecule has 6 nitrogen and oxygen atoms in total. The number of carbonyl (C=O) groups excluding carboxylic acids is 1. The molecule has 1 aliphatic heterocycles. The topological polar surface area (TPSA) is 75.5 Å². The summed E-state index contributed by atoms with van der Waals surface area (Å²) in [4.78, 5) is 25.7. The minimum absolute atomic E-state index is 0.00119. The van der Waals surface area contributed by atoms with E-state index in [1.165, 1.54) is 0 Å². The normalized spacial score (nSPS) is 17.6. The molecule has 0 radical (unpaired) electrons. The second-order valence-electron chi connectivity index (χ2n) is 6.37. The van der Waals surface area contributed by atoms with Gasteiger partial charge in [0, 0.05) is 28.9 Å². The van der Waals surface area contributed by atoms with Crippen LogP contribution in [0.3, 0.4) is 0 Å². The van der Waals surface area contributed by atoms with Crippen LogP contribution in [0.4, 0.5) is 11.4 Å². The molecule has 2 atom stereocenters. The van der Waals surface area contributed by atoms with E-state index in [1.54, 1.807) is 30.0 Å². The molecule has 0 saturated heterocycles. The predicted molar refractivity (Wildman–Crippen MR) is 96.6 cm³/mol. The van der Waals surface area contributed by atoms with Crippen LogP contribution >= 0.6 is 0 Å². The maximum atomic E-state index is 13.0. The highest BCUT2D eigenvalue weighted by Gasteiger charge is 2.35. The highest BCUT2D eigenvalue weighted by Crippen LogP contribution is 2.36. The Morgan fingerprint density at radius 3 is 2.68 bits per heavy atom. The van der Waals surface area contributed by atoms with Gasteiger partial charge in [-0.2, -0.15) is 0 Å². The molecule has 0 aromatic heterocycles. The number of nitro groups is 1. The van der Waals surface area contributed by atoms with Gasteiger partial charge in [-0.05, 0) is 32.4 Å². The van der Waals surface area contributed by atoms with Gasteiger partial charge in [0.1, 0.15) is 6.17 Å². The molecule has 1 amide bonds. The molecule has 25 heavy (non-hydrogen) atoms. The highest BCUT2D eigenvalue weighted by molar-refractivity contribution is 6.01. The quantitative estimate of drug-likeness (QED) is 0.667. The van der Waals surface area contributed by atoms with Crippen LogP contribution < -0.4 is 5.32 Å². The van der Waals surface area contributed by atoms with Gasteiger partial charge in [-0.3, -0.25) is 14.9 Å². The third kappa shape index (κ3) is 2.95. The molecule has 3 rings (SSSR count). The van der Waals surface area contributed by atoms with Crippen LogP contribution in [0, 0.1) is 17.0 Å². The van der Waals surface area contributed by atoms with Gasteiger partial charge in [0.15, 0.2) is 0 Å². The van der Waals surface area contributed by atoms with Crippen LogP contribution in [-0.4, -0.2) is 21.8 Å². The zero-order chi connectivity index (χ0) is 18.1. The summed E-state index contributed by atoms with van der Waals surface area (Å²) in [5, 5.41) is 14.7. The Kier molecular flexibility index (Phi) is 4.44. The Hall–Kier alpha value is -2.89. The molecule has 0 fully saturated rings. The van der Waals surface area contributed by atoms with Crippen molar-refractivity contribution in [2.24, 2.45) is 0 Å². The maximum Gasteiger partial charge on any atom is 0.272 e. The van der Waals surface area contributed by atoms with E-state index in [4.69, 9.17) is 0 Å². The third-order valence-electron chi connectivity index (χ3n) is 4.77. The minimum Gasteiger partial charge on any atom is -0.361 e. The fourth-order valence-electron chi connectivity index (χ4n) is 3.16. The van der Waals surface area contributed by atoms with Crippen molar-refractivity contribution in [3.63, 3.8) is 0 Å². The van der Waals surface area contributed by atoms with Crippen molar-refractivity contribution in [1.29, 1.82) is 0 Å². The van der Waals surface area contributed by atoms with E-state index in [9.17, 15) is 14.9 Å². The van der Waals surface area contributed by atoms with E-state index >= 15 is 0 Å². The average Bonchev–Trinajstić information content (AvgIpc) is 2.61. The third-order valence-corrected chi connectivity index (χ3v) is 4.77. The molecule has 1 N–H and O–H groups in total. The molecule has 1 heterocycles. The molecule has 1 aliphatic rings. The lowest BCUT2D eigenvalue weighted by atomic mass is 9.99. The fourth-order valence-corrected chi connectivity index (χ4v) is 3.16. The first-order valence-corrected chi connectivity index (χ1v) is 8.37. The van der Waals surface area contributed by atoms with E-state index in [-0.39, 0.29) is 22.6 Å². The number of aryl methyl sites for hydroxylation is 1. The number of anilines is 1. The molecule has 130 valence electrons. The number of benzene rings is 2. The van der Waals surface area contributed by atoms with Crippen LogP contribution in [0.1, 0.15) is 47.9 Å². The van der Waals surface area contributed by atoms with Crippen molar-refractivity contribution < 1.29 is 9.72 Å². The molecular weight excluding hydrogens is 318 g/mol. The summed E-state index contributed by atoms with van der Waals surface area (Å²) in [6.07, 6.45) is 0.358. The molecule has 6 heteroatoms. The highest BCUT2D eigenvalue weighted by atomic mass is 16.6. The van der Waals surface area contributed by atoms with Gasteiger partial charge >= 0.3 is 0 Å². The van der Waals surface area contributed by atoms with Gasteiger partial charge in [0.2, 0.25) is 0 Å². The molecule has 0 bridgehead atoms. The van der Waals surface area contributed by atoms with Crippen molar-refractivity contribution >= 4 is 17.3 Å². The number of hydrogen-bond acceptors (Lipinski definition) is 4. The number of para-hydroxylation sites is 1. The van der Waals surface area contributed by atoms with Crippen LogP contribution in [0.5, 0.6) is 0 Å². The Labute approximate surface area is 146 Å². The van der Waals surface area contributed by atoms with Crippen LogP contribution in [0.25, 0.3) is 0 Å². The van der Waals surface area contributed by atoms with Gasteiger partial charge in [0.25, 0.3) is 11.6 Å². The number of fused-ring (bicyclic) bond motifs is 1. The standard InChI is InChI=1S/C19H21N3O3/c1-4-13(3)21-18(14-10-9-12(2)17(11-14)22(24)25)20-16-8-6-5-7-15(16)19(21)23/h5-11,13,18,20H,4H2,1-3H3/t13-,18-/m0/s1. The number of rotatable bonds is 4. The molecule has 2 aromatic rings. The van der Waals surface area contributed by atoms with Gasteiger partial charge in [-0.15, -0.1) is 0 Å². The summed E-state index contributed by atoms with van der Waals surface area (Å²) in [6.45, 7) is 5.72. The van der Waals surface area contributed by atoms with E-state index in [0.29, 0.717) is 16.7 Å². The second kappa shape index (κ2) is 6.55. The van der Waals surface area contributed by atoms with Crippen LogP contribution in [-0.2, 0) is 0 Å². The summed E-state index contributed by atoms with van der Waals surface area (Å²) in [5.74, 6) is -0.0584. The molecule has 0 aliphatic carbocycles. The largest absolute Gasteiger partial charge is 0.361 e. The van der Waals surface area contributed by atoms with Crippen molar-refractivity contribution in [2.45, 2.75) is 39.4 Å². The summed E-state index contributed by atoms with van der Waals surface area (Å²) in [5.41, 5.74) is 2.75. The van der Waals surface area contributed by atoms with E-state index in [2.05, 4.69) is 5.32 Å². The SMILES string of the molecule is CC[C@H](C)N1C(=O)c2ccccc2N[C@@H]1c1ccc(C)c([N+](=O)[O-])c1. The zero-order valence-corrected chi connectivity index (χ0v) is 14.5. The smallest absolute Gasteiger partial charge is 0.272 e. The summed E-state index contributed by atoms with van der Waals surface area (Å²) >= 11 is 0. The first kappa shape index (κ1) is 17.0. The molecule has 0 saturated carbocycles. The summed E-state index contributed by atoms with van der Waals surface area (Å²) in [6, 6.07) is 12.5. The predicted octanol–water partition coefficient (Wildman–Crippen LogP) is 4.27. The Morgan fingerprint density at radius 1 is 1.28 bits per heavy atom. The number of nitro benzene ring substituents is 1. The fraction of sp³-hybridized carbons (Fsp3) is 0.316. The first-order valence-electron chi connectivity index (χ1n) is 8.37. The molecule has 0 spiro atoms. The van der Waals surface area contributed by atoms with Gasteiger partial charge in [0.05, 0.1) is 10.5 Å². The number of carbonyl (C=O) groups is 1. The first-order chi connectivity index (χ1) is 11.9. The van der Waals surface area contributed by atoms with Crippen molar-refractivity contribution in [1.82, 2.24) is 4.90 Å². The second-order valence-corrected chi connectivity index (χ2v) is 6.37. The summed E-state index contributed by atoms with van der Waals surface area (Å²) < 4.78 is 0. The lowest BCUT2D eigenvalue weighted by Crippen LogP contribution is -2.47. The number of nitrogens with zero attached hydrogens (tertiary/aromatic N) is 2. The van der Waals surface area contributed by atoms with Crippen molar-refractivity contribution in [3.05, 3.63) is 69.3 Å². The zero-order valence-electron chi connectivity index (χ0n) is 14.5. The molecular formula is C19H21N3O3. The Morgan fingerprint density at radius 2 is 2.00 bits per heavy atom. The minimum atomic E-state index is -0.434. The van der Waals surface area contributed by atoms with Gasteiger partial charge in [-0.1, -0.05) is 31.2 Å². The van der Waals surface area contributed by atoms with Gasteiger partial charge < -0.3 is 10.2 Å². The van der Waals surface area contributed by atoms with E-state index in [1.807, 2.05) is 38.1 Å². The molecule has 2 aromatic carbocycles. The number of amides is 1. The lowest BCUT2D eigenvalue weighted by Gasteiger charge is -2.41. The van der Waals surface area contributed by atoms with Crippen molar-refractivity contribution in [2.75, 3.05) is 5.32 Å². The maximum absolute atomic E-state index is 13.0. The molecule has 0 unspecified atom stereocenters. The average molecular weight is 339 g/mol. The van der Waals surface area contributed by atoms with E-state index in [0.717, 1.165) is 12.1 Å². The number of nitrogens with one attached hydrogen (secondary N) is 1. The van der Waals surface area contributed by atoms with E-state index < -0.39 is 6.17 Å². The summed E-state index contributed by atoms with van der Waals surface area (Å²) in [7, 11) is 0. The monoisotopic (exact) mass is 339 g/mol. The van der Waals surface area contributed by atoms with Crippen LogP contribution in [0.15, 0.2) is 42.5 Å². The van der Waals surface area contributed by atoms with Gasteiger partial charge in [-0.25, -0.2) is 0 Å². The number of hydrogen-bond donors (Lipinski definition) is 1. The Balaban J connectivity index is 2.11. The lowest BCUT2D eigenvalue weighted by molar-refractivity contribution is -0.385. The van der Waals surface area contributed by atoms with Crippen LogP contribution in [0.2, 0.25) is 0 Å². The van der Waals surface area contributed by atoms with Crippen molar-refractivity contribution in [3.8, 4) is 0 Å².